The van der Waals surface area contributed by atoms with Crippen molar-refractivity contribution in [2.24, 2.45) is 0 Å². The van der Waals surface area contributed by atoms with Crippen molar-refractivity contribution < 1.29 is 20.6 Å². The van der Waals surface area contributed by atoms with E-state index in [4.69, 9.17) is 14.3 Å². The second-order valence-electron chi connectivity index (χ2n) is 2.47. The summed E-state index contributed by atoms with van der Waals surface area (Å²) in [7, 11) is 0.976. The van der Waals surface area contributed by atoms with Gasteiger partial charge in [0.15, 0.2) is 0 Å². The minimum absolute atomic E-state index is 0.318. The summed E-state index contributed by atoms with van der Waals surface area (Å²) in [4.78, 5) is 0. The summed E-state index contributed by atoms with van der Waals surface area (Å²) >= 11 is 5.58. The molecule has 14 heavy (non-hydrogen) atoms. The van der Waals surface area contributed by atoms with Crippen molar-refractivity contribution in [1.82, 2.24) is 0 Å². The smallest absolute Gasteiger partial charge is 0.380 e. The van der Waals surface area contributed by atoms with Crippen molar-refractivity contribution >= 4 is 11.6 Å². The number of halogens is 4. The van der Waals surface area contributed by atoms with Crippen LogP contribution >= 0.6 is 11.6 Å². The molecule has 1 rings (SSSR count). The zero-order chi connectivity index (χ0) is 12.6. The Labute approximate surface area is 87.2 Å². The third-order valence-electron chi connectivity index (χ3n) is 1.52. The van der Waals surface area contributed by atoms with E-state index < -0.39 is 23.9 Å². The number of ether oxygens (including phenoxy) is 1. The van der Waals surface area contributed by atoms with E-state index >= 15 is 0 Å². The lowest BCUT2D eigenvalue weighted by Crippen LogP contribution is -2.10. The van der Waals surface area contributed by atoms with Crippen LogP contribution in [0, 0.1) is 0 Å². The lowest BCUT2D eigenvalue weighted by Gasteiger charge is -2.13. The molecule has 0 amide bonds. The second-order valence-corrected chi connectivity index (χ2v) is 2.87. The van der Waals surface area contributed by atoms with Crippen molar-refractivity contribution in [3.63, 3.8) is 0 Å². The molecule has 0 saturated carbocycles. The number of methoxy groups -OCH3 is 1. The van der Waals surface area contributed by atoms with Gasteiger partial charge in [-0.05, 0) is 12.1 Å². The number of hydrogen-bond donors (Lipinski definition) is 0. The van der Waals surface area contributed by atoms with Crippen LogP contribution in [0.3, 0.4) is 0 Å². The fourth-order valence-electron chi connectivity index (χ4n) is 0.966. The van der Waals surface area contributed by atoms with Crippen molar-refractivity contribution in [3.8, 4) is 0 Å². The second kappa shape index (κ2) is 4.19. The molecule has 0 saturated heterocycles. The van der Waals surface area contributed by atoms with Gasteiger partial charge in [0.1, 0.15) is 0 Å². The van der Waals surface area contributed by atoms with E-state index in [1.54, 1.807) is 0 Å². The molecule has 0 aliphatic heterocycles. The van der Waals surface area contributed by atoms with Crippen LogP contribution < -0.4 is 0 Å². The predicted octanol–water partition coefficient (Wildman–Crippen LogP) is 3.51. The van der Waals surface area contributed by atoms with Gasteiger partial charge in [0.25, 0.3) is 0 Å². The molecule has 0 fully saturated rings. The molecule has 0 bridgehead atoms. The highest BCUT2D eigenvalue weighted by Gasteiger charge is 2.33. The van der Waals surface area contributed by atoms with Crippen LogP contribution in [-0.4, -0.2) is 7.11 Å². The SMILES string of the molecule is [2H]C([2H])(OC)c1c(Cl)cccc1C(F)(F)F. The monoisotopic (exact) mass is 226 g/mol. The Bertz CT molecular complexity index is 393. The van der Waals surface area contributed by atoms with E-state index in [-0.39, 0.29) is 5.02 Å². The first-order chi connectivity index (χ1) is 7.20. The average Bonchev–Trinajstić information content (AvgIpc) is 2.15. The zero-order valence-electron chi connectivity index (χ0n) is 9.15. The molecule has 0 unspecified atom stereocenters. The summed E-state index contributed by atoms with van der Waals surface area (Å²) in [6, 6.07) is 3.06. The van der Waals surface area contributed by atoms with E-state index in [1.165, 1.54) is 6.07 Å². The first-order valence-corrected chi connectivity index (χ1v) is 3.99. The van der Waals surface area contributed by atoms with Gasteiger partial charge in [-0.25, -0.2) is 0 Å². The highest BCUT2D eigenvalue weighted by Crippen LogP contribution is 2.35. The van der Waals surface area contributed by atoms with Gasteiger partial charge in [-0.1, -0.05) is 17.7 Å². The quantitative estimate of drug-likeness (QED) is 0.750. The summed E-state index contributed by atoms with van der Waals surface area (Å²) in [6.45, 7) is -2.58. The van der Waals surface area contributed by atoms with Gasteiger partial charge < -0.3 is 4.74 Å². The molecule has 1 aromatic carbocycles. The minimum Gasteiger partial charge on any atom is -0.380 e. The molecule has 0 aromatic heterocycles. The Hall–Kier alpha value is -0.740. The van der Waals surface area contributed by atoms with Crippen LogP contribution in [0.5, 0.6) is 0 Å². The molecule has 0 atom stereocenters. The van der Waals surface area contributed by atoms with Crippen molar-refractivity contribution in [2.75, 3.05) is 7.11 Å². The molecule has 0 N–H and O–H groups in total. The van der Waals surface area contributed by atoms with Gasteiger partial charge in [-0.15, -0.1) is 0 Å². The Morgan fingerprint density at radius 2 is 2.14 bits per heavy atom. The summed E-state index contributed by atoms with van der Waals surface area (Å²) in [5.74, 6) is 0. The molecule has 1 nitrogen and oxygen atoms in total. The maximum atomic E-state index is 12.6. The fourth-order valence-corrected chi connectivity index (χ4v) is 1.18. The Morgan fingerprint density at radius 3 is 2.64 bits per heavy atom. The lowest BCUT2D eigenvalue weighted by atomic mass is 10.1. The Balaban J connectivity index is 3.48. The molecule has 1 aromatic rings. The Morgan fingerprint density at radius 1 is 1.50 bits per heavy atom. The lowest BCUT2D eigenvalue weighted by molar-refractivity contribution is -0.138. The van der Waals surface area contributed by atoms with Gasteiger partial charge in [-0.3, -0.25) is 0 Å². The molecular weight excluding hydrogens is 217 g/mol. The summed E-state index contributed by atoms with van der Waals surface area (Å²) in [5, 5.41) is -0.318. The number of alkyl halides is 3. The highest BCUT2D eigenvalue weighted by molar-refractivity contribution is 6.31. The number of rotatable bonds is 2. The van der Waals surface area contributed by atoms with Gasteiger partial charge >= 0.3 is 6.18 Å². The fraction of sp³-hybridized carbons (Fsp3) is 0.333. The van der Waals surface area contributed by atoms with Gasteiger partial charge in [-0.2, -0.15) is 13.2 Å². The standard InChI is InChI=1S/C9H8ClF3O/c1-14-5-6-7(9(11,12)13)3-2-4-8(6)10/h2-4H,5H2,1H3/i5D2. The third-order valence-corrected chi connectivity index (χ3v) is 1.84. The predicted molar refractivity (Wildman–Crippen MR) is 47.2 cm³/mol. The number of hydrogen-bond acceptors (Lipinski definition) is 1. The van der Waals surface area contributed by atoms with Gasteiger partial charge in [0.05, 0.1) is 14.9 Å². The third kappa shape index (κ3) is 2.39. The van der Waals surface area contributed by atoms with Gasteiger partial charge in [0, 0.05) is 17.7 Å². The average molecular weight is 227 g/mol. The van der Waals surface area contributed by atoms with Crippen molar-refractivity contribution in [3.05, 3.63) is 34.3 Å². The molecule has 0 heterocycles. The van der Waals surface area contributed by atoms with Crippen LogP contribution in [0.1, 0.15) is 13.9 Å². The topological polar surface area (TPSA) is 9.23 Å². The Kier molecular flexibility index (Phi) is 2.56. The maximum Gasteiger partial charge on any atom is 0.416 e. The largest absolute Gasteiger partial charge is 0.416 e. The number of benzene rings is 1. The first-order valence-electron chi connectivity index (χ1n) is 4.61. The molecule has 5 heteroatoms. The van der Waals surface area contributed by atoms with E-state index in [2.05, 4.69) is 4.74 Å². The molecule has 78 valence electrons. The van der Waals surface area contributed by atoms with E-state index in [0.717, 1.165) is 19.2 Å². The van der Waals surface area contributed by atoms with Crippen LogP contribution in [-0.2, 0) is 17.5 Å². The minimum atomic E-state index is -4.67. The van der Waals surface area contributed by atoms with Crippen LogP contribution in [0.15, 0.2) is 18.2 Å². The normalized spacial score (nSPS) is 14.9. The van der Waals surface area contributed by atoms with E-state index in [0.29, 0.717) is 0 Å². The van der Waals surface area contributed by atoms with E-state index in [1.807, 2.05) is 0 Å². The maximum absolute atomic E-state index is 12.6. The van der Waals surface area contributed by atoms with E-state index in [9.17, 15) is 13.2 Å². The van der Waals surface area contributed by atoms with Crippen LogP contribution in [0.25, 0.3) is 0 Å². The highest BCUT2D eigenvalue weighted by atomic mass is 35.5. The van der Waals surface area contributed by atoms with Crippen molar-refractivity contribution in [1.29, 1.82) is 0 Å². The molecule has 0 radical (unpaired) electrons. The summed E-state index contributed by atoms with van der Waals surface area (Å²) in [6.07, 6.45) is -4.67. The molecular formula is C9H8ClF3O. The van der Waals surface area contributed by atoms with Gasteiger partial charge in [0.2, 0.25) is 0 Å². The van der Waals surface area contributed by atoms with Crippen LogP contribution in [0.4, 0.5) is 13.2 Å². The molecule has 0 aliphatic carbocycles. The zero-order valence-corrected chi connectivity index (χ0v) is 7.91. The van der Waals surface area contributed by atoms with Crippen LogP contribution in [0.2, 0.25) is 5.02 Å². The molecule has 0 aliphatic rings. The summed E-state index contributed by atoms with van der Waals surface area (Å²) in [5.41, 5.74) is -1.83. The molecule has 0 spiro atoms. The summed E-state index contributed by atoms with van der Waals surface area (Å²) < 4.78 is 56.9. The van der Waals surface area contributed by atoms with Crippen molar-refractivity contribution in [2.45, 2.75) is 12.7 Å². The first kappa shape index (κ1) is 8.56.